The predicted molar refractivity (Wildman–Crippen MR) is 67.9 cm³/mol. The van der Waals surface area contributed by atoms with E-state index in [4.69, 9.17) is 4.74 Å². The van der Waals surface area contributed by atoms with E-state index in [1.165, 1.54) is 13.2 Å². The van der Waals surface area contributed by atoms with Gasteiger partial charge in [0, 0.05) is 11.6 Å². The van der Waals surface area contributed by atoms with Crippen molar-refractivity contribution in [2.24, 2.45) is 0 Å². The van der Waals surface area contributed by atoms with Gasteiger partial charge in [0.2, 0.25) is 0 Å². The van der Waals surface area contributed by atoms with Gasteiger partial charge < -0.3 is 9.47 Å². The van der Waals surface area contributed by atoms with Crippen LogP contribution in [0.1, 0.15) is 22.8 Å². The van der Waals surface area contributed by atoms with Gasteiger partial charge in [0.15, 0.2) is 5.78 Å². The van der Waals surface area contributed by atoms with Crippen LogP contribution in [0.3, 0.4) is 0 Å². The van der Waals surface area contributed by atoms with Crippen molar-refractivity contribution in [2.45, 2.75) is 13.3 Å². The summed E-state index contributed by atoms with van der Waals surface area (Å²) >= 11 is 0. The van der Waals surface area contributed by atoms with Crippen molar-refractivity contribution in [3.63, 3.8) is 0 Å². The smallest absolute Gasteiger partial charge is 0.330 e. The monoisotopic (exact) mass is 248 g/mol. The maximum atomic E-state index is 11.9. The zero-order chi connectivity index (χ0) is 13.5. The van der Waals surface area contributed by atoms with Crippen LogP contribution in [0.2, 0.25) is 0 Å². The van der Waals surface area contributed by atoms with E-state index in [1.807, 2.05) is 13.0 Å². The summed E-state index contributed by atoms with van der Waals surface area (Å²) in [6, 6.07) is 5.24. The molecule has 0 heterocycles. The Bertz CT molecular complexity index is 475. The van der Waals surface area contributed by atoms with Gasteiger partial charge in [0.05, 0.1) is 14.2 Å². The van der Waals surface area contributed by atoms with Crippen LogP contribution in [0.25, 0.3) is 0 Å². The molecule has 0 atom stereocenters. The lowest BCUT2D eigenvalue weighted by molar-refractivity contribution is -0.134. The number of allylic oxidation sites excluding steroid dienone is 1. The topological polar surface area (TPSA) is 52.6 Å². The highest BCUT2D eigenvalue weighted by Crippen LogP contribution is 2.19. The quantitative estimate of drug-likeness (QED) is 0.455. The van der Waals surface area contributed by atoms with E-state index in [9.17, 15) is 9.59 Å². The number of esters is 1. The summed E-state index contributed by atoms with van der Waals surface area (Å²) in [5.74, 6) is -0.0600. The number of ketones is 1. The minimum atomic E-state index is -0.546. The number of rotatable bonds is 5. The number of hydrogen-bond acceptors (Lipinski definition) is 4. The zero-order valence-electron chi connectivity index (χ0n) is 10.7. The van der Waals surface area contributed by atoms with Crippen LogP contribution in [0.4, 0.5) is 0 Å². The fourth-order valence-electron chi connectivity index (χ4n) is 1.53. The molecule has 0 unspecified atom stereocenters. The average molecular weight is 248 g/mol. The maximum Gasteiger partial charge on any atom is 0.330 e. The molecule has 1 aromatic rings. The van der Waals surface area contributed by atoms with Gasteiger partial charge in [-0.25, -0.2) is 4.79 Å². The van der Waals surface area contributed by atoms with Gasteiger partial charge in [-0.15, -0.1) is 0 Å². The molecule has 0 aromatic heterocycles. The molecule has 0 radical (unpaired) electrons. The van der Waals surface area contributed by atoms with E-state index < -0.39 is 5.97 Å². The molecule has 4 heteroatoms. The van der Waals surface area contributed by atoms with Gasteiger partial charge in [-0.2, -0.15) is 0 Å². The molecule has 0 amide bonds. The first-order valence-corrected chi connectivity index (χ1v) is 5.59. The van der Waals surface area contributed by atoms with Crippen LogP contribution in [-0.2, 0) is 16.0 Å². The highest BCUT2D eigenvalue weighted by Gasteiger charge is 2.09. The van der Waals surface area contributed by atoms with Crippen molar-refractivity contribution in [2.75, 3.05) is 14.2 Å². The second kappa shape index (κ2) is 6.59. The first kappa shape index (κ1) is 14.0. The lowest BCUT2D eigenvalue weighted by atomic mass is 10.0. The Morgan fingerprint density at radius 3 is 2.50 bits per heavy atom. The number of ether oxygens (including phenoxy) is 2. The Kier molecular flexibility index (Phi) is 5.11. The highest BCUT2D eigenvalue weighted by molar-refractivity contribution is 6.08. The summed E-state index contributed by atoms with van der Waals surface area (Å²) in [5, 5.41) is 0. The molecule has 0 fully saturated rings. The maximum absolute atomic E-state index is 11.9. The summed E-state index contributed by atoms with van der Waals surface area (Å²) in [7, 11) is 2.84. The molecule has 0 spiro atoms. The zero-order valence-corrected chi connectivity index (χ0v) is 10.7. The van der Waals surface area contributed by atoms with E-state index in [-0.39, 0.29) is 5.78 Å². The molecule has 0 aliphatic rings. The fraction of sp³-hybridized carbons (Fsp3) is 0.286. The molecule has 0 aliphatic carbocycles. The van der Waals surface area contributed by atoms with Crippen molar-refractivity contribution in [1.82, 2.24) is 0 Å². The van der Waals surface area contributed by atoms with E-state index in [0.717, 1.165) is 11.6 Å². The summed E-state index contributed by atoms with van der Waals surface area (Å²) in [5.41, 5.74) is 1.45. The number of hydrogen-bond donors (Lipinski definition) is 0. The molecule has 18 heavy (non-hydrogen) atoms. The molecule has 0 saturated heterocycles. The standard InChI is InChI=1S/C14H16O4/c1-4-10-9-11(17-2)5-6-12(10)13(15)7-8-14(16)18-3/h5-9H,4H2,1-3H3/b8-7+. The summed E-state index contributed by atoms with van der Waals surface area (Å²) < 4.78 is 9.54. The van der Waals surface area contributed by atoms with E-state index in [1.54, 1.807) is 19.2 Å². The van der Waals surface area contributed by atoms with Gasteiger partial charge in [0.1, 0.15) is 5.75 Å². The minimum Gasteiger partial charge on any atom is -0.497 e. The fourth-order valence-corrected chi connectivity index (χ4v) is 1.53. The van der Waals surface area contributed by atoms with E-state index in [0.29, 0.717) is 17.7 Å². The minimum absolute atomic E-state index is 0.222. The second-order valence-corrected chi connectivity index (χ2v) is 3.60. The Hall–Kier alpha value is -2.10. The summed E-state index contributed by atoms with van der Waals surface area (Å²) in [4.78, 5) is 22.8. The lowest BCUT2D eigenvalue weighted by Gasteiger charge is -2.07. The van der Waals surface area contributed by atoms with Gasteiger partial charge in [-0.3, -0.25) is 4.79 Å². The molecule has 0 saturated carbocycles. The third-order valence-corrected chi connectivity index (χ3v) is 2.53. The lowest BCUT2D eigenvalue weighted by Crippen LogP contribution is -2.02. The molecule has 96 valence electrons. The molecule has 1 aromatic carbocycles. The van der Waals surface area contributed by atoms with Gasteiger partial charge in [-0.05, 0) is 36.3 Å². The number of carbonyl (C=O) groups is 2. The van der Waals surface area contributed by atoms with Crippen LogP contribution in [-0.4, -0.2) is 26.0 Å². The average Bonchev–Trinajstić information content (AvgIpc) is 2.43. The molecule has 1 rings (SSSR count). The molecule has 0 N–H and O–H groups in total. The number of aryl methyl sites for hydroxylation is 1. The largest absolute Gasteiger partial charge is 0.497 e. The second-order valence-electron chi connectivity index (χ2n) is 3.60. The Morgan fingerprint density at radius 1 is 1.22 bits per heavy atom. The third kappa shape index (κ3) is 3.45. The van der Waals surface area contributed by atoms with Crippen molar-refractivity contribution >= 4 is 11.8 Å². The van der Waals surface area contributed by atoms with Crippen molar-refractivity contribution < 1.29 is 19.1 Å². The Morgan fingerprint density at radius 2 is 1.94 bits per heavy atom. The van der Waals surface area contributed by atoms with Gasteiger partial charge in [-0.1, -0.05) is 6.92 Å². The third-order valence-electron chi connectivity index (χ3n) is 2.53. The van der Waals surface area contributed by atoms with Crippen molar-refractivity contribution in [3.8, 4) is 5.75 Å². The SMILES string of the molecule is CCc1cc(OC)ccc1C(=O)/C=C/C(=O)OC. The molecule has 0 aliphatic heterocycles. The van der Waals surface area contributed by atoms with E-state index >= 15 is 0 Å². The first-order chi connectivity index (χ1) is 8.62. The van der Waals surface area contributed by atoms with Gasteiger partial charge >= 0.3 is 5.97 Å². The normalized spacial score (nSPS) is 10.4. The summed E-state index contributed by atoms with van der Waals surface area (Å²) in [6.07, 6.45) is 3.04. The Labute approximate surface area is 106 Å². The molecular formula is C14H16O4. The van der Waals surface area contributed by atoms with Gasteiger partial charge in [0.25, 0.3) is 0 Å². The van der Waals surface area contributed by atoms with Crippen LogP contribution in [0.15, 0.2) is 30.4 Å². The van der Waals surface area contributed by atoms with E-state index in [2.05, 4.69) is 4.74 Å². The first-order valence-electron chi connectivity index (χ1n) is 5.59. The Balaban J connectivity index is 2.98. The number of benzene rings is 1. The van der Waals surface area contributed by atoms with Crippen LogP contribution < -0.4 is 4.74 Å². The number of methoxy groups -OCH3 is 2. The number of carbonyl (C=O) groups excluding carboxylic acids is 2. The van der Waals surface area contributed by atoms with Crippen LogP contribution in [0, 0.1) is 0 Å². The summed E-state index contributed by atoms with van der Waals surface area (Å²) in [6.45, 7) is 1.95. The molecular weight excluding hydrogens is 232 g/mol. The van der Waals surface area contributed by atoms with Crippen LogP contribution >= 0.6 is 0 Å². The molecule has 0 bridgehead atoms. The molecule has 4 nitrogen and oxygen atoms in total. The van der Waals surface area contributed by atoms with Crippen LogP contribution in [0.5, 0.6) is 5.75 Å². The van der Waals surface area contributed by atoms with Crippen molar-refractivity contribution in [3.05, 3.63) is 41.5 Å². The predicted octanol–water partition coefficient (Wildman–Crippen LogP) is 2.17. The highest BCUT2D eigenvalue weighted by atomic mass is 16.5. The van der Waals surface area contributed by atoms with Crippen molar-refractivity contribution in [1.29, 1.82) is 0 Å².